The van der Waals surface area contributed by atoms with Crippen LogP contribution in [0.25, 0.3) is 0 Å². The Bertz CT molecular complexity index is 480. The van der Waals surface area contributed by atoms with E-state index in [2.05, 4.69) is 32.0 Å². The number of fused-ring (bicyclic) bond motifs is 1. The Balaban J connectivity index is 1.70. The third-order valence-corrected chi connectivity index (χ3v) is 5.35. The van der Waals surface area contributed by atoms with E-state index in [4.69, 9.17) is 4.74 Å². The third-order valence-electron chi connectivity index (χ3n) is 5.35. The topological polar surface area (TPSA) is 29.5 Å². The summed E-state index contributed by atoms with van der Waals surface area (Å²) in [4.78, 5) is 0. The maximum absolute atomic E-state index is 10.2. The van der Waals surface area contributed by atoms with Gasteiger partial charge in [0.2, 0.25) is 0 Å². The molecule has 2 aliphatic carbocycles. The molecule has 3 unspecified atom stereocenters. The molecule has 0 aromatic heterocycles. The molecule has 1 saturated carbocycles. The van der Waals surface area contributed by atoms with E-state index < -0.39 is 0 Å². The molecule has 1 fully saturated rings. The van der Waals surface area contributed by atoms with E-state index in [-0.39, 0.29) is 12.2 Å². The lowest BCUT2D eigenvalue weighted by molar-refractivity contribution is -0.0177. The summed E-state index contributed by atoms with van der Waals surface area (Å²) in [6, 6.07) is 6.52. The Labute approximate surface area is 128 Å². The van der Waals surface area contributed by atoms with E-state index in [1.54, 1.807) is 0 Å². The minimum atomic E-state index is -0.309. The number of aryl methyl sites for hydroxylation is 2. The van der Waals surface area contributed by atoms with E-state index in [1.807, 2.05) is 0 Å². The fraction of sp³-hybridized carbons (Fsp3) is 0.684. The van der Waals surface area contributed by atoms with E-state index in [0.29, 0.717) is 11.8 Å². The highest BCUT2D eigenvalue weighted by Gasteiger charge is 2.32. The van der Waals surface area contributed by atoms with Gasteiger partial charge in [0.15, 0.2) is 0 Å². The first kappa shape index (κ1) is 14.9. The van der Waals surface area contributed by atoms with Crippen LogP contribution in [0.4, 0.5) is 0 Å². The predicted octanol–water partition coefficient (Wildman–Crippen LogP) is 4.13. The molecule has 0 aliphatic heterocycles. The molecular weight excluding hydrogens is 260 g/mol. The van der Waals surface area contributed by atoms with Crippen LogP contribution in [-0.4, -0.2) is 17.3 Å². The predicted molar refractivity (Wildman–Crippen MR) is 85.7 cm³/mol. The Hall–Kier alpha value is -1.02. The Morgan fingerprint density at radius 3 is 2.62 bits per heavy atom. The lowest BCUT2D eigenvalue weighted by Gasteiger charge is -2.35. The summed E-state index contributed by atoms with van der Waals surface area (Å²) in [7, 11) is 0. The maximum Gasteiger partial charge on any atom is 0.125 e. The van der Waals surface area contributed by atoms with Gasteiger partial charge >= 0.3 is 0 Å². The van der Waals surface area contributed by atoms with Gasteiger partial charge in [-0.25, -0.2) is 0 Å². The molecule has 2 aliphatic rings. The molecule has 1 aromatic carbocycles. The van der Waals surface area contributed by atoms with Gasteiger partial charge in [-0.3, -0.25) is 0 Å². The zero-order valence-electron chi connectivity index (χ0n) is 13.3. The van der Waals surface area contributed by atoms with Crippen LogP contribution in [0.15, 0.2) is 18.2 Å². The molecule has 0 spiro atoms. The van der Waals surface area contributed by atoms with Crippen molar-refractivity contribution in [3.8, 4) is 5.75 Å². The molecule has 116 valence electrons. The molecule has 3 rings (SSSR count). The van der Waals surface area contributed by atoms with Gasteiger partial charge in [0, 0.05) is 0 Å². The summed E-state index contributed by atoms with van der Waals surface area (Å²) < 4.78 is 6.16. The third kappa shape index (κ3) is 3.42. The summed E-state index contributed by atoms with van der Waals surface area (Å²) in [5.41, 5.74) is 2.93. The van der Waals surface area contributed by atoms with Crippen molar-refractivity contribution in [1.82, 2.24) is 0 Å². The molecule has 1 N–H and O–H groups in total. The average Bonchev–Trinajstić information content (AvgIpc) is 2.49. The van der Waals surface area contributed by atoms with E-state index in [0.717, 1.165) is 25.0 Å². The second kappa shape index (κ2) is 6.39. The summed E-state index contributed by atoms with van der Waals surface area (Å²) in [5, 5.41) is 10.2. The highest BCUT2D eigenvalue weighted by molar-refractivity contribution is 5.37. The van der Waals surface area contributed by atoms with Crippen LogP contribution in [0.3, 0.4) is 0 Å². The molecule has 2 heteroatoms. The molecule has 0 bridgehead atoms. The van der Waals surface area contributed by atoms with Crippen LogP contribution in [0.5, 0.6) is 5.75 Å². The minimum Gasteiger partial charge on any atom is -0.488 e. The van der Waals surface area contributed by atoms with E-state index in [1.165, 1.54) is 36.8 Å². The lowest BCUT2D eigenvalue weighted by atomic mass is 9.79. The summed E-state index contributed by atoms with van der Waals surface area (Å²) in [6.07, 6.45) is 7.62. The van der Waals surface area contributed by atoms with Gasteiger partial charge < -0.3 is 9.84 Å². The van der Waals surface area contributed by atoms with Crippen molar-refractivity contribution >= 4 is 0 Å². The van der Waals surface area contributed by atoms with Crippen molar-refractivity contribution in [3.05, 3.63) is 29.3 Å². The molecule has 0 amide bonds. The fourth-order valence-electron chi connectivity index (χ4n) is 3.83. The van der Waals surface area contributed by atoms with Crippen LogP contribution in [0, 0.1) is 11.8 Å². The Morgan fingerprint density at radius 1 is 1.10 bits per heavy atom. The van der Waals surface area contributed by atoms with Crippen LogP contribution in [0.1, 0.15) is 57.1 Å². The monoisotopic (exact) mass is 288 g/mol. The van der Waals surface area contributed by atoms with Gasteiger partial charge in [-0.2, -0.15) is 0 Å². The van der Waals surface area contributed by atoms with Crippen molar-refractivity contribution in [3.63, 3.8) is 0 Å². The fourth-order valence-corrected chi connectivity index (χ4v) is 3.83. The molecule has 0 saturated heterocycles. The van der Waals surface area contributed by atoms with Crippen LogP contribution in [0.2, 0.25) is 0 Å². The number of ether oxygens (including phenoxy) is 1. The first-order chi connectivity index (χ1) is 10.1. The van der Waals surface area contributed by atoms with Crippen LogP contribution in [-0.2, 0) is 12.8 Å². The van der Waals surface area contributed by atoms with Crippen molar-refractivity contribution in [1.29, 1.82) is 0 Å². The van der Waals surface area contributed by atoms with Crippen molar-refractivity contribution in [2.24, 2.45) is 11.8 Å². The quantitative estimate of drug-likeness (QED) is 0.906. The van der Waals surface area contributed by atoms with Gasteiger partial charge in [-0.1, -0.05) is 19.9 Å². The minimum absolute atomic E-state index is 0.0345. The van der Waals surface area contributed by atoms with Crippen LogP contribution >= 0.6 is 0 Å². The SMILES string of the molecule is CC(C)C1CCC(O)C(Oc2ccc3c(c2)CCCC3)C1. The van der Waals surface area contributed by atoms with Gasteiger partial charge in [0.05, 0.1) is 6.10 Å². The molecule has 0 heterocycles. The highest BCUT2D eigenvalue weighted by atomic mass is 16.5. The van der Waals surface area contributed by atoms with Gasteiger partial charge in [0.1, 0.15) is 11.9 Å². The second-order valence-electron chi connectivity index (χ2n) is 7.18. The van der Waals surface area contributed by atoms with Crippen molar-refractivity contribution in [2.75, 3.05) is 0 Å². The lowest BCUT2D eigenvalue weighted by Crippen LogP contribution is -2.39. The largest absolute Gasteiger partial charge is 0.488 e. The zero-order chi connectivity index (χ0) is 14.8. The number of hydrogen-bond acceptors (Lipinski definition) is 2. The van der Waals surface area contributed by atoms with Gasteiger partial charge in [-0.05, 0) is 80.0 Å². The molecular formula is C19H28O2. The second-order valence-corrected chi connectivity index (χ2v) is 7.18. The zero-order valence-corrected chi connectivity index (χ0v) is 13.3. The Morgan fingerprint density at radius 2 is 1.86 bits per heavy atom. The molecule has 21 heavy (non-hydrogen) atoms. The van der Waals surface area contributed by atoms with Crippen molar-refractivity contribution in [2.45, 2.75) is 71.0 Å². The number of benzene rings is 1. The van der Waals surface area contributed by atoms with Crippen LogP contribution < -0.4 is 4.74 Å². The molecule has 0 radical (unpaired) electrons. The van der Waals surface area contributed by atoms with Gasteiger partial charge in [-0.15, -0.1) is 0 Å². The first-order valence-corrected chi connectivity index (χ1v) is 8.60. The Kier molecular flexibility index (Phi) is 4.54. The summed E-state index contributed by atoms with van der Waals surface area (Å²) in [5.74, 6) is 2.30. The summed E-state index contributed by atoms with van der Waals surface area (Å²) in [6.45, 7) is 4.55. The average molecular weight is 288 g/mol. The molecule has 2 nitrogen and oxygen atoms in total. The van der Waals surface area contributed by atoms with Gasteiger partial charge in [0.25, 0.3) is 0 Å². The standard InChI is InChI=1S/C19H28O2/c1-13(2)15-8-10-18(20)19(12-15)21-17-9-7-14-5-3-4-6-16(14)11-17/h7,9,11,13,15,18-20H,3-6,8,10,12H2,1-2H3. The number of aliphatic hydroxyl groups excluding tert-OH is 1. The first-order valence-electron chi connectivity index (χ1n) is 8.60. The maximum atomic E-state index is 10.2. The van der Waals surface area contributed by atoms with E-state index in [9.17, 15) is 5.11 Å². The number of hydrogen-bond donors (Lipinski definition) is 1. The van der Waals surface area contributed by atoms with Crippen molar-refractivity contribution < 1.29 is 9.84 Å². The molecule has 3 atom stereocenters. The summed E-state index contributed by atoms with van der Waals surface area (Å²) >= 11 is 0. The number of rotatable bonds is 3. The number of aliphatic hydroxyl groups is 1. The highest BCUT2D eigenvalue weighted by Crippen LogP contribution is 2.33. The normalized spacial score (nSPS) is 29.2. The van der Waals surface area contributed by atoms with E-state index >= 15 is 0 Å². The smallest absolute Gasteiger partial charge is 0.125 e. The molecule has 1 aromatic rings.